The molecule has 3 heteroatoms. The molecule has 0 heterocycles. The van der Waals surface area contributed by atoms with Gasteiger partial charge in [0.05, 0.1) is 0 Å². The van der Waals surface area contributed by atoms with E-state index in [9.17, 15) is 0 Å². The van der Waals surface area contributed by atoms with Gasteiger partial charge in [0.25, 0.3) is 0 Å². The van der Waals surface area contributed by atoms with Crippen LogP contribution in [-0.2, 0) is 13.5 Å². The van der Waals surface area contributed by atoms with Gasteiger partial charge in [0.15, 0.2) is 0 Å². The molecule has 0 spiro atoms. The second-order valence-electron chi connectivity index (χ2n) is 0.239. The summed E-state index contributed by atoms with van der Waals surface area (Å²) in [5.74, 6) is 0. The zero-order valence-corrected chi connectivity index (χ0v) is 5.07. The molecule has 4 heavy (non-hydrogen) atoms. The van der Waals surface area contributed by atoms with Crippen LogP contribution in [0, 0.1) is 0 Å². The molecule has 0 aromatic carbocycles. The second kappa shape index (κ2) is 2.32. The predicted octanol–water partition coefficient (Wildman–Crippen LogP) is 1.34. The van der Waals surface area contributed by atoms with Gasteiger partial charge in [-0.2, -0.15) is 0 Å². The number of hydrogen-bond donors (Lipinski definition) is 0. The van der Waals surface area contributed by atoms with Crippen LogP contribution in [0.25, 0.3) is 0 Å². The van der Waals surface area contributed by atoms with Crippen LogP contribution in [0.2, 0.25) is 0 Å². The molecular formula is CH2Cl2Ru. The average molecular weight is 186 g/mol. The minimum atomic E-state index is -1.48. The summed E-state index contributed by atoms with van der Waals surface area (Å²) >= 11 is -1.48. The number of halogens is 2. The van der Waals surface area contributed by atoms with E-state index in [4.69, 9.17) is 19.4 Å². The zero-order chi connectivity index (χ0) is 3.58. The molecule has 0 aliphatic heterocycles. The van der Waals surface area contributed by atoms with Crippen LogP contribution in [0.15, 0.2) is 0 Å². The van der Waals surface area contributed by atoms with Crippen LogP contribution in [0.1, 0.15) is 0 Å². The fourth-order valence-corrected chi connectivity index (χ4v) is 0. The summed E-state index contributed by atoms with van der Waals surface area (Å²) in [6.07, 6.45) is 0. The van der Waals surface area contributed by atoms with Gasteiger partial charge in [0.1, 0.15) is 0 Å². The molecule has 0 amide bonds. The predicted molar refractivity (Wildman–Crippen MR) is 18.8 cm³/mol. The van der Waals surface area contributed by atoms with E-state index in [0.29, 0.717) is 0 Å². The minimum absolute atomic E-state index is 1.48. The van der Waals surface area contributed by atoms with Crippen LogP contribution in [-0.4, -0.2) is 5.11 Å². The van der Waals surface area contributed by atoms with E-state index in [1.165, 1.54) is 0 Å². The van der Waals surface area contributed by atoms with Crippen LogP contribution in [0.4, 0.5) is 0 Å². The van der Waals surface area contributed by atoms with Crippen molar-refractivity contribution >= 4 is 24.5 Å². The van der Waals surface area contributed by atoms with Crippen molar-refractivity contribution < 1.29 is 13.5 Å². The molecule has 28 valence electrons. The van der Waals surface area contributed by atoms with E-state index in [1.54, 1.807) is 0 Å². The molecule has 0 saturated heterocycles. The van der Waals surface area contributed by atoms with Gasteiger partial charge in [-0.25, -0.2) is 0 Å². The Morgan fingerprint density at radius 1 is 1.50 bits per heavy atom. The average Bonchev–Trinajstić information content (AvgIpc) is 0.811. The summed E-state index contributed by atoms with van der Waals surface area (Å²) in [6, 6.07) is 0. The van der Waals surface area contributed by atoms with E-state index >= 15 is 0 Å². The van der Waals surface area contributed by atoms with Gasteiger partial charge in [0.2, 0.25) is 0 Å². The van der Waals surface area contributed by atoms with Gasteiger partial charge in [-0.1, -0.05) is 0 Å². The first-order valence-electron chi connectivity index (χ1n) is 0.517. The number of hydrogen-bond acceptors (Lipinski definition) is 0. The van der Waals surface area contributed by atoms with Crippen LogP contribution in [0.3, 0.4) is 0 Å². The summed E-state index contributed by atoms with van der Waals surface area (Å²) in [4.78, 5) is 0. The molecule has 0 atom stereocenters. The first-order valence-corrected chi connectivity index (χ1v) is 6.22. The van der Waals surface area contributed by atoms with Crippen molar-refractivity contribution in [2.24, 2.45) is 0 Å². The maximum absolute atomic E-state index is 5.07. The number of rotatable bonds is 0. The van der Waals surface area contributed by atoms with Crippen LogP contribution in [0.5, 0.6) is 0 Å². The fraction of sp³-hybridized carbons (Fsp3) is 0. The molecule has 0 aliphatic carbocycles. The maximum atomic E-state index is 5.07. The second-order valence-corrected chi connectivity index (χ2v) is 6.04. The molecule has 0 bridgehead atoms. The van der Waals surface area contributed by atoms with Crippen molar-refractivity contribution in [3.05, 3.63) is 0 Å². The summed E-state index contributed by atoms with van der Waals surface area (Å²) < 4.78 is 0. The molecule has 0 unspecified atom stereocenters. The van der Waals surface area contributed by atoms with E-state index in [1.807, 2.05) is 0 Å². The molecule has 0 fully saturated rings. The summed E-state index contributed by atoms with van der Waals surface area (Å²) in [5.41, 5.74) is 0. The standard InChI is InChI=1S/CH2.2ClH.Ru/h1H2;2*1H;/q;;;+2/p-2. The van der Waals surface area contributed by atoms with Crippen LogP contribution < -0.4 is 0 Å². The summed E-state index contributed by atoms with van der Waals surface area (Å²) in [5, 5.41) is 3.31. The molecule has 0 nitrogen and oxygen atoms in total. The van der Waals surface area contributed by atoms with Gasteiger partial charge >= 0.3 is 38.0 Å². The fourth-order valence-electron chi connectivity index (χ4n) is 0. The van der Waals surface area contributed by atoms with Crippen molar-refractivity contribution in [3.63, 3.8) is 0 Å². The first-order chi connectivity index (χ1) is 1.73. The first kappa shape index (κ1) is 5.07. The molecule has 0 saturated carbocycles. The van der Waals surface area contributed by atoms with Crippen molar-refractivity contribution in [1.82, 2.24) is 0 Å². The van der Waals surface area contributed by atoms with Crippen molar-refractivity contribution in [1.29, 1.82) is 0 Å². The topological polar surface area (TPSA) is 0 Å². The van der Waals surface area contributed by atoms with Gasteiger partial charge < -0.3 is 0 Å². The Hall–Kier alpha value is 1.07. The van der Waals surface area contributed by atoms with Gasteiger partial charge in [-0.05, 0) is 0 Å². The summed E-state index contributed by atoms with van der Waals surface area (Å²) in [6.45, 7) is 0. The monoisotopic (exact) mass is 186 g/mol. The third-order valence-corrected chi connectivity index (χ3v) is 0. The van der Waals surface area contributed by atoms with Crippen molar-refractivity contribution in [3.8, 4) is 0 Å². The van der Waals surface area contributed by atoms with Gasteiger partial charge in [0, 0.05) is 0 Å². The Morgan fingerprint density at radius 2 is 1.50 bits per heavy atom. The molecule has 0 radical (unpaired) electrons. The molecule has 0 aromatic heterocycles. The molecule has 0 aliphatic rings. The van der Waals surface area contributed by atoms with Gasteiger partial charge in [-0.3, -0.25) is 0 Å². The van der Waals surface area contributed by atoms with E-state index in [2.05, 4.69) is 5.11 Å². The quantitative estimate of drug-likeness (QED) is 0.501. The Balaban J connectivity index is 2.80. The third kappa shape index (κ3) is 11.5. The third-order valence-electron chi connectivity index (χ3n) is 0. The zero-order valence-electron chi connectivity index (χ0n) is 1.82. The molecule has 0 rings (SSSR count). The van der Waals surface area contributed by atoms with E-state index in [0.717, 1.165) is 0 Å². The molecule has 0 N–H and O–H groups in total. The Kier molecular flexibility index (Phi) is 2.94. The van der Waals surface area contributed by atoms with Crippen LogP contribution >= 0.6 is 19.4 Å². The van der Waals surface area contributed by atoms with Crippen molar-refractivity contribution in [2.45, 2.75) is 0 Å². The Morgan fingerprint density at radius 3 is 1.50 bits per heavy atom. The molecule has 0 aromatic rings. The van der Waals surface area contributed by atoms with Crippen molar-refractivity contribution in [2.75, 3.05) is 0 Å². The molecular weight excluding hydrogens is 184 g/mol. The normalized spacial score (nSPS) is 11.0. The Labute approximate surface area is 38.2 Å². The van der Waals surface area contributed by atoms with Gasteiger partial charge in [-0.15, -0.1) is 0 Å². The van der Waals surface area contributed by atoms with E-state index < -0.39 is 13.5 Å². The Bertz CT molecular complexity index is 29.0. The summed E-state index contributed by atoms with van der Waals surface area (Å²) in [7, 11) is 10.1. The SMILES string of the molecule is [CH2]=[Ru]([Cl])[Cl]. The van der Waals surface area contributed by atoms with E-state index in [-0.39, 0.29) is 0 Å².